The molecule has 0 atom stereocenters. The van der Waals surface area contributed by atoms with E-state index >= 15 is 0 Å². The summed E-state index contributed by atoms with van der Waals surface area (Å²) in [6.07, 6.45) is 1.43. The second-order valence-electron chi connectivity index (χ2n) is 6.24. The van der Waals surface area contributed by atoms with E-state index in [1.165, 1.54) is 10.5 Å². The zero-order valence-corrected chi connectivity index (χ0v) is 16.5. The van der Waals surface area contributed by atoms with Crippen LogP contribution in [0, 0.1) is 0 Å². The molecule has 7 heteroatoms. The molecule has 1 heterocycles. The monoisotopic (exact) mass is 429 g/mol. The van der Waals surface area contributed by atoms with Gasteiger partial charge in [-0.15, -0.1) is 0 Å². The molecule has 27 heavy (non-hydrogen) atoms. The van der Waals surface area contributed by atoms with Crippen molar-refractivity contribution in [3.05, 3.63) is 63.6 Å². The number of hydrogen-bond acceptors (Lipinski definition) is 3. The Morgan fingerprint density at radius 1 is 1.04 bits per heavy atom. The lowest BCUT2D eigenvalue weighted by atomic mass is 10.1. The largest absolute Gasteiger partial charge is 0.338 e. The highest BCUT2D eigenvalue weighted by Gasteiger charge is 2.34. The molecule has 2 aromatic rings. The lowest BCUT2D eigenvalue weighted by molar-refractivity contribution is 0.0653. The van der Waals surface area contributed by atoms with E-state index in [0.717, 1.165) is 16.6 Å². The van der Waals surface area contributed by atoms with Crippen LogP contribution in [0.4, 0.5) is 10.5 Å². The van der Waals surface area contributed by atoms with Crippen molar-refractivity contribution in [2.24, 2.45) is 0 Å². The normalized spacial score (nSPS) is 12.9. The summed E-state index contributed by atoms with van der Waals surface area (Å²) in [5.41, 5.74) is 2.75. The van der Waals surface area contributed by atoms with Gasteiger partial charge in [0.25, 0.3) is 11.8 Å². The average molecular weight is 430 g/mol. The summed E-state index contributed by atoms with van der Waals surface area (Å²) >= 11 is 3.31. The van der Waals surface area contributed by atoms with Crippen LogP contribution in [0.25, 0.3) is 0 Å². The van der Waals surface area contributed by atoms with Gasteiger partial charge >= 0.3 is 6.03 Å². The molecular formula is C20H20BrN3O3. The summed E-state index contributed by atoms with van der Waals surface area (Å²) in [5, 5.41) is 5.49. The van der Waals surface area contributed by atoms with Crippen molar-refractivity contribution >= 4 is 39.5 Å². The number of imide groups is 1. The fraction of sp³-hybridized carbons (Fsp3) is 0.250. The van der Waals surface area contributed by atoms with Gasteiger partial charge in [0.15, 0.2) is 0 Å². The molecule has 0 spiro atoms. The molecule has 0 bridgehead atoms. The smallest absolute Gasteiger partial charge is 0.319 e. The van der Waals surface area contributed by atoms with E-state index in [9.17, 15) is 14.4 Å². The Hall–Kier alpha value is -2.67. The van der Waals surface area contributed by atoms with Gasteiger partial charge in [-0.2, -0.15) is 0 Å². The molecule has 0 fully saturated rings. The van der Waals surface area contributed by atoms with E-state index in [0.29, 0.717) is 24.1 Å². The zero-order chi connectivity index (χ0) is 19.4. The number of benzene rings is 2. The van der Waals surface area contributed by atoms with E-state index in [2.05, 4.69) is 33.5 Å². The molecule has 140 valence electrons. The first-order chi connectivity index (χ1) is 13.0. The van der Waals surface area contributed by atoms with E-state index in [1.54, 1.807) is 18.2 Å². The number of urea groups is 1. The van der Waals surface area contributed by atoms with E-state index in [-0.39, 0.29) is 24.4 Å². The predicted octanol–water partition coefficient (Wildman–Crippen LogP) is 3.82. The molecular weight excluding hydrogens is 410 g/mol. The molecule has 1 aliphatic heterocycles. The Balaban J connectivity index is 1.45. The summed E-state index contributed by atoms with van der Waals surface area (Å²) in [4.78, 5) is 37.9. The van der Waals surface area contributed by atoms with Gasteiger partial charge in [-0.1, -0.05) is 35.0 Å². The molecule has 0 saturated heterocycles. The van der Waals surface area contributed by atoms with Gasteiger partial charge in [-0.3, -0.25) is 14.5 Å². The number of carbonyl (C=O) groups is 3. The van der Waals surface area contributed by atoms with Crippen LogP contribution in [0.15, 0.2) is 46.9 Å². The second kappa shape index (κ2) is 8.35. The highest BCUT2D eigenvalue weighted by Crippen LogP contribution is 2.26. The van der Waals surface area contributed by atoms with Crippen LogP contribution < -0.4 is 10.6 Å². The Morgan fingerprint density at radius 2 is 1.74 bits per heavy atom. The minimum absolute atomic E-state index is 0.259. The highest BCUT2D eigenvalue weighted by molar-refractivity contribution is 9.10. The number of amides is 4. The standard InChI is InChI=1S/C20H20BrN3O3/c1-2-13-4-7-15(8-5-13)23-20(27)22-10-3-11-24-18(25)16-9-6-14(21)12-17(16)19(24)26/h4-9,12H,2-3,10-11H2,1H3,(H2,22,23,27). The second-order valence-corrected chi connectivity index (χ2v) is 7.15. The SMILES string of the molecule is CCc1ccc(NC(=O)NCCCN2C(=O)c3ccc(Br)cc3C2=O)cc1. The van der Waals surface area contributed by atoms with Crippen LogP contribution in [0.2, 0.25) is 0 Å². The highest BCUT2D eigenvalue weighted by atomic mass is 79.9. The third kappa shape index (κ3) is 4.36. The number of hydrogen-bond donors (Lipinski definition) is 2. The molecule has 0 radical (unpaired) electrons. The molecule has 6 nitrogen and oxygen atoms in total. The van der Waals surface area contributed by atoms with Crippen LogP contribution in [-0.2, 0) is 6.42 Å². The predicted molar refractivity (Wildman–Crippen MR) is 107 cm³/mol. The maximum atomic E-state index is 12.4. The van der Waals surface area contributed by atoms with Crippen molar-refractivity contribution in [1.82, 2.24) is 10.2 Å². The molecule has 2 aromatic carbocycles. The van der Waals surface area contributed by atoms with Crippen molar-refractivity contribution in [2.75, 3.05) is 18.4 Å². The van der Waals surface area contributed by atoms with Crippen molar-refractivity contribution in [3.63, 3.8) is 0 Å². The first-order valence-electron chi connectivity index (χ1n) is 8.79. The molecule has 2 N–H and O–H groups in total. The van der Waals surface area contributed by atoms with Crippen molar-refractivity contribution in [2.45, 2.75) is 19.8 Å². The molecule has 0 unspecified atom stereocenters. The lowest BCUT2D eigenvalue weighted by Crippen LogP contribution is -2.35. The summed E-state index contributed by atoms with van der Waals surface area (Å²) < 4.78 is 0.759. The summed E-state index contributed by atoms with van der Waals surface area (Å²) in [6, 6.07) is 12.4. The third-order valence-corrected chi connectivity index (χ3v) is 4.89. The number of aryl methyl sites for hydroxylation is 1. The van der Waals surface area contributed by atoms with Crippen LogP contribution in [0.1, 0.15) is 39.6 Å². The molecule has 0 aliphatic carbocycles. The van der Waals surface area contributed by atoms with Gasteiger partial charge in [0.05, 0.1) is 11.1 Å². The van der Waals surface area contributed by atoms with Gasteiger partial charge in [-0.05, 0) is 48.7 Å². The fourth-order valence-electron chi connectivity index (χ4n) is 2.90. The molecule has 1 aliphatic rings. The number of fused-ring (bicyclic) bond motifs is 1. The quantitative estimate of drug-likeness (QED) is 0.540. The summed E-state index contributed by atoms with van der Waals surface area (Å²) in [7, 11) is 0. The minimum atomic E-state index is -0.314. The third-order valence-electron chi connectivity index (χ3n) is 4.40. The number of rotatable bonds is 6. The molecule has 4 amide bonds. The Kier molecular flexibility index (Phi) is 5.91. The van der Waals surface area contributed by atoms with E-state index in [1.807, 2.05) is 24.3 Å². The molecule has 0 saturated carbocycles. The summed E-state index contributed by atoms with van der Waals surface area (Å²) in [5.74, 6) is -0.584. The van der Waals surface area contributed by atoms with Crippen LogP contribution in [0.3, 0.4) is 0 Å². The van der Waals surface area contributed by atoms with Crippen LogP contribution in [-0.4, -0.2) is 35.8 Å². The van der Waals surface area contributed by atoms with Crippen LogP contribution in [0.5, 0.6) is 0 Å². The van der Waals surface area contributed by atoms with Crippen molar-refractivity contribution in [3.8, 4) is 0 Å². The molecule has 0 aromatic heterocycles. The first-order valence-corrected chi connectivity index (χ1v) is 9.58. The van der Waals surface area contributed by atoms with Crippen molar-refractivity contribution in [1.29, 1.82) is 0 Å². The van der Waals surface area contributed by atoms with E-state index in [4.69, 9.17) is 0 Å². The topological polar surface area (TPSA) is 78.5 Å². The van der Waals surface area contributed by atoms with Gasteiger partial charge in [0.2, 0.25) is 0 Å². The zero-order valence-electron chi connectivity index (χ0n) is 14.9. The van der Waals surface area contributed by atoms with Gasteiger partial charge in [0, 0.05) is 23.2 Å². The first kappa shape index (κ1) is 19.1. The molecule has 3 rings (SSSR count). The number of anilines is 1. The maximum Gasteiger partial charge on any atom is 0.319 e. The number of nitrogens with one attached hydrogen (secondary N) is 2. The number of halogens is 1. The summed E-state index contributed by atoms with van der Waals surface area (Å²) in [6.45, 7) is 2.69. The Bertz CT molecular complexity index is 881. The van der Waals surface area contributed by atoms with Gasteiger partial charge in [-0.25, -0.2) is 4.79 Å². The maximum absolute atomic E-state index is 12.4. The fourth-order valence-corrected chi connectivity index (χ4v) is 3.27. The Labute approximate surface area is 166 Å². The number of carbonyl (C=O) groups excluding carboxylic acids is 3. The van der Waals surface area contributed by atoms with Crippen LogP contribution >= 0.6 is 15.9 Å². The van der Waals surface area contributed by atoms with Gasteiger partial charge in [0.1, 0.15) is 0 Å². The van der Waals surface area contributed by atoms with E-state index < -0.39 is 0 Å². The average Bonchev–Trinajstić information content (AvgIpc) is 2.89. The Morgan fingerprint density at radius 3 is 2.44 bits per heavy atom. The van der Waals surface area contributed by atoms with Gasteiger partial charge < -0.3 is 10.6 Å². The van der Waals surface area contributed by atoms with Crippen molar-refractivity contribution < 1.29 is 14.4 Å². The minimum Gasteiger partial charge on any atom is -0.338 e. The lowest BCUT2D eigenvalue weighted by Gasteiger charge is -2.14. The number of nitrogens with zero attached hydrogens (tertiary/aromatic N) is 1.